The number of carbonyl (C=O) groups is 2. The molecule has 1 aromatic carbocycles. The number of aromatic amines is 1. The van der Waals surface area contributed by atoms with Crippen molar-refractivity contribution in [2.75, 3.05) is 30.7 Å². The molecule has 4 heterocycles. The third-order valence-electron chi connectivity index (χ3n) is 6.60. The fraction of sp³-hybridized carbons (Fsp3) is 0.333. The number of fused-ring (bicyclic) bond motifs is 1. The number of hydrogen-bond donors (Lipinski definition) is 6. The quantitative estimate of drug-likeness (QED) is 0.0426. The first-order valence-corrected chi connectivity index (χ1v) is 15.6. The van der Waals surface area contributed by atoms with E-state index in [4.69, 9.17) is 25.6 Å². The molecule has 0 bridgehead atoms. The van der Waals surface area contributed by atoms with Crippen molar-refractivity contribution < 1.29 is 36.4 Å². The minimum absolute atomic E-state index is 0.0191. The summed E-state index contributed by atoms with van der Waals surface area (Å²) >= 11 is 1.02. The molecule has 1 aliphatic rings. The summed E-state index contributed by atoms with van der Waals surface area (Å²) in [5, 5.41) is 27.1. The van der Waals surface area contributed by atoms with Crippen LogP contribution in [0.2, 0.25) is 0 Å². The van der Waals surface area contributed by atoms with Gasteiger partial charge in [0.1, 0.15) is 29.9 Å². The first-order valence-electron chi connectivity index (χ1n) is 13.3. The third kappa shape index (κ3) is 7.10. The number of hydrogen-bond acceptors (Lipinski definition) is 17. The van der Waals surface area contributed by atoms with Gasteiger partial charge in [-0.05, 0) is 43.5 Å². The number of hydroxylamine groups is 2. The highest BCUT2D eigenvalue weighted by atomic mass is 32.3. The predicted molar refractivity (Wildman–Crippen MR) is 161 cm³/mol. The number of tetrazole rings is 1. The topological polar surface area (TPSA) is 288 Å². The van der Waals surface area contributed by atoms with Gasteiger partial charge in [-0.15, -0.1) is 25.8 Å². The number of pyridine rings is 1. The zero-order chi connectivity index (χ0) is 33.1. The van der Waals surface area contributed by atoms with Crippen LogP contribution >= 0.6 is 11.3 Å². The Labute approximate surface area is 264 Å². The lowest BCUT2D eigenvalue weighted by atomic mass is 9.84. The average molecular weight is 677 g/mol. The highest BCUT2D eigenvalue weighted by Gasteiger charge is 2.58. The minimum Gasteiger partial charge on any atom is -0.489 e. The summed E-state index contributed by atoms with van der Waals surface area (Å²) in [4.78, 5) is 40.1. The molecule has 0 aliphatic carbocycles. The monoisotopic (exact) mass is 676 g/mol. The lowest BCUT2D eigenvalue weighted by Crippen LogP contribution is -2.76. The molecule has 3 aromatic heterocycles. The van der Waals surface area contributed by atoms with Crippen LogP contribution in [0.15, 0.2) is 41.0 Å². The smallest absolute Gasteiger partial charge is 0.418 e. The summed E-state index contributed by atoms with van der Waals surface area (Å²) in [5.74, 6) is -0.667. The number of nitrogens with two attached hydrogens (primary N) is 2. The van der Waals surface area contributed by atoms with E-state index in [1.54, 1.807) is 18.3 Å². The number of carbonyl (C=O) groups excluding carboxylic acids is 2. The van der Waals surface area contributed by atoms with Crippen LogP contribution in [-0.2, 0) is 29.1 Å². The number of nitrogen functional groups attached to an aromatic ring is 1. The van der Waals surface area contributed by atoms with Crippen molar-refractivity contribution in [3.8, 4) is 5.75 Å². The van der Waals surface area contributed by atoms with Crippen LogP contribution in [0.25, 0.3) is 10.8 Å². The van der Waals surface area contributed by atoms with Crippen LogP contribution in [0, 0.1) is 0 Å². The Morgan fingerprint density at radius 2 is 2.13 bits per heavy atom. The molecule has 1 saturated heterocycles. The number of rotatable bonds is 14. The number of aromatic nitrogens is 6. The molecule has 8 N–H and O–H groups in total. The Hall–Kier alpha value is -5.03. The number of ether oxygens (including phenoxy) is 1. The molecule has 4 aromatic rings. The molecule has 46 heavy (non-hydrogen) atoms. The molecule has 1 fully saturated rings. The lowest BCUT2D eigenvalue weighted by molar-refractivity contribution is -0.218. The Morgan fingerprint density at radius 1 is 1.33 bits per heavy atom. The predicted octanol–water partition coefficient (Wildman–Crippen LogP) is -0.462. The SMILES string of the molecule is CC1(C)[C@H](NC(=O)/C(=N\O[C@H](COc2ccc3c(NCCN)nccc3c2)c2nn[nH]n2)c2csc(N)n2)C(=O)N1OS(=O)(=O)O. The molecule has 20 nitrogen and oxygen atoms in total. The van der Waals surface area contributed by atoms with Crippen molar-refractivity contribution in [3.05, 3.63) is 47.4 Å². The Bertz CT molecular complexity index is 1870. The fourth-order valence-corrected chi connectivity index (χ4v) is 5.35. The molecule has 0 saturated carbocycles. The summed E-state index contributed by atoms with van der Waals surface area (Å²) < 4.78 is 41.6. The molecule has 0 radical (unpaired) electrons. The maximum atomic E-state index is 13.4. The second kappa shape index (κ2) is 13.1. The number of benzene rings is 1. The van der Waals surface area contributed by atoms with Gasteiger partial charge < -0.3 is 31.7 Å². The van der Waals surface area contributed by atoms with Gasteiger partial charge in [-0.1, -0.05) is 10.4 Å². The van der Waals surface area contributed by atoms with Crippen molar-refractivity contribution in [3.63, 3.8) is 0 Å². The molecule has 1 aliphatic heterocycles. The van der Waals surface area contributed by atoms with E-state index in [2.05, 4.69) is 50.7 Å². The zero-order valence-corrected chi connectivity index (χ0v) is 25.8. The van der Waals surface area contributed by atoms with Crippen LogP contribution in [0.5, 0.6) is 5.75 Å². The van der Waals surface area contributed by atoms with E-state index in [1.165, 1.54) is 19.2 Å². The van der Waals surface area contributed by atoms with E-state index in [-0.39, 0.29) is 29.0 Å². The standard InChI is InChI=1S/C24H28N12O8S2/c1-24(2)18(22(38)36(24)44-46(39,40)41)30-21(37)17(15-11-45-23(26)29-15)33-43-16(20-31-34-35-32-20)10-42-13-3-4-14-12(9-13)5-7-27-19(14)28-8-6-25/h3-5,7,9,11,16,18H,6,8,10,25H2,1-2H3,(H2,26,29)(H,27,28)(H,30,37)(H,39,40,41)(H,31,32,34,35)/b33-17-/t16-,18-/m1/s1. The van der Waals surface area contributed by atoms with E-state index in [9.17, 15) is 18.0 Å². The molecular weight excluding hydrogens is 648 g/mol. The van der Waals surface area contributed by atoms with Crippen molar-refractivity contribution in [2.45, 2.75) is 31.5 Å². The molecule has 5 rings (SSSR count). The van der Waals surface area contributed by atoms with Crippen LogP contribution < -0.4 is 26.8 Å². The maximum absolute atomic E-state index is 13.4. The van der Waals surface area contributed by atoms with E-state index in [0.717, 1.165) is 22.1 Å². The molecular formula is C24H28N12O8S2. The highest BCUT2D eigenvalue weighted by molar-refractivity contribution is 7.80. The number of thiazole rings is 1. The Kier molecular flexibility index (Phi) is 9.24. The third-order valence-corrected chi connectivity index (χ3v) is 7.61. The molecule has 2 atom stereocenters. The van der Waals surface area contributed by atoms with Crippen LogP contribution in [0.3, 0.4) is 0 Å². The number of H-pyrrole nitrogens is 1. The van der Waals surface area contributed by atoms with Crippen LogP contribution in [0.4, 0.5) is 10.9 Å². The van der Waals surface area contributed by atoms with E-state index < -0.39 is 39.9 Å². The van der Waals surface area contributed by atoms with Gasteiger partial charge in [0, 0.05) is 30.1 Å². The van der Waals surface area contributed by atoms with Gasteiger partial charge in [0.25, 0.3) is 11.8 Å². The van der Waals surface area contributed by atoms with E-state index in [0.29, 0.717) is 29.7 Å². The highest BCUT2D eigenvalue weighted by Crippen LogP contribution is 2.33. The summed E-state index contributed by atoms with van der Waals surface area (Å²) in [5.41, 5.74) is 9.62. The second-order valence-electron chi connectivity index (χ2n) is 10.1. The van der Waals surface area contributed by atoms with Crippen LogP contribution in [-0.4, -0.2) is 97.4 Å². The van der Waals surface area contributed by atoms with Crippen molar-refractivity contribution in [1.82, 2.24) is 41.0 Å². The molecule has 2 amide bonds. The number of nitrogens with zero attached hydrogens (tertiary/aromatic N) is 7. The number of anilines is 2. The Balaban J connectivity index is 1.35. The van der Waals surface area contributed by atoms with Crippen molar-refractivity contribution >= 4 is 61.0 Å². The zero-order valence-electron chi connectivity index (χ0n) is 24.1. The van der Waals surface area contributed by atoms with Crippen LogP contribution in [0.1, 0.15) is 31.5 Å². The number of nitrogens with one attached hydrogen (secondary N) is 3. The largest absolute Gasteiger partial charge is 0.489 e. The average Bonchev–Trinajstić information content (AvgIpc) is 3.71. The molecule has 244 valence electrons. The van der Waals surface area contributed by atoms with E-state index >= 15 is 0 Å². The first kappa shape index (κ1) is 32.4. The Morgan fingerprint density at radius 3 is 2.78 bits per heavy atom. The fourth-order valence-electron chi connectivity index (χ4n) is 4.34. The van der Waals surface area contributed by atoms with Gasteiger partial charge in [-0.3, -0.25) is 14.1 Å². The van der Waals surface area contributed by atoms with Gasteiger partial charge in [-0.25, -0.2) is 9.97 Å². The molecule has 22 heteroatoms. The van der Waals surface area contributed by atoms with Gasteiger partial charge in [0.15, 0.2) is 10.8 Å². The van der Waals surface area contributed by atoms with Crippen molar-refractivity contribution in [1.29, 1.82) is 0 Å². The number of amides is 2. The summed E-state index contributed by atoms with van der Waals surface area (Å²) in [6.45, 7) is 3.63. The molecule has 0 spiro atoms. The van der Waals surface area contributed by atoms with Gasteiger partial charge in [0.2, 0.25) is 11.9 Å². The summed E-state index contributed by atoms with van der Waals surface area (Å²) in [6, 6.07) is 5.91. The van der Waals surface area contributed by atoms with Gasteiger partial charge >= 0.3 is 10.4 Å². The first-order chi connectivity index (χ1) is 21.9. The number of oxime groups is 1. The van der Waals surface area contributed by atoms with Gasteiger partial charge in [-0.2, -0.15) is 18.7 Å². The maximum Gasteiger partial charge on any atom is 0.418 e. The normalized spacial score (nSPS) is 17.0. The minimum atomic E-state index is -4.99. The summed E-state index contributed by atoms with van der Waals surface area (Å²) in [7, 11) is -4.99. The number of β-lactam (4-membered cyclic amide) rings is 1. The second-order valence-corrected chi connectivity index (χ2v) is 12.0. The lowest BCUT2D eigenvalue weighted by Gasteiger charge is -2.50. The van der Waals surface area contributed by atoms with Gasteiger partial charge in [0.05, 0.1) is 5.54 Å². The molecule has 0 unspecified atom stereocenters. The summed E-state index contributed by atoms with van der Waals surface area (Å²) in [6.07, 6.45) is 0.563. The van der Waals surface area contributed by atoms with E-state index in [1.807, 2.05) is 12.1 Å². The van der Waals surface area contributed by atoms with Crippen molar-refractivity contribution in [2.24, 2.45) is 10.9 Å².